The summed E-state index contributed by atoms with van der Waals surface area (Å²) in [4.78, 5) is 55.7. The average Bonchev–Trinajstić information content (AvgIpc) is 2.94. The van der Waals surface area contributed by atoms with Crippen LogP contribution in [0.5, 0.6) is 0 Å². The summed E-state index contributed by atoms with van der Waals surface area (Å²) in [5, 5.41) is 13.7. The normalized spacial score (nSPS) is 12.3. The van der Waals surface area contributed by atoms with Gasteiger partial charge in [0.1, 0.15) is 23.3 Å². The Morgan fingerprint density at radius 1 is 0.681 bits per heavy atom. The summed E-state index contributed by atoms with van der Waals surface area (Å²) in [6.07, 6.45) is -1.34. The number of carboxylic acid groups (broad SMARTS) is 1. The molecule has 0 unspecified atom stereocenters. The van der Waals surface area contributed by atoms with Crippen molar-refractivity contribution in [1.29, 1.82) is 0 Å². The highest BCUT2D eigenvalue weighted by Gasteiger charge is 2.28. The lowest BCUT2D eigenvalue weighted by Gasteiger charge is -2.25. The van der Waals surface area contributed by atoms with Crippen LogP contribution in [0.2, 0.25) is 0 Å². The number of alkyl carbamates (subject to hydrolysis) is 2. The Morgan fingerprint density at radius 2 is 1.06 bits per heavy atom. The summed E-state index contributed by atoms with van der Waals surface area (Å²) in [6, 6.07) is 17.6. The van der Waals surface area contributed by atoms with Crippen molar-refractivity contribution in [2.45, 2.75) is 106 Å². The van der Waals surface area contributed by atoms with Crippen LogP contribution in [0.4, 0.5) is 9.59 Å². The maximum absolute atomic E-state index is 12.2. The number of carbonyl (C=O) groups excluding carboxylic acids is 3. The Morgan fingerprint density at radius 3 is 1.40 bits per heavy atom. The largest absolute Gasteiger partial charge is 0.480 e. The van der Waals surface area contributed by atoms with Gasteiger partial charge in [0, 0.05) is 0 Å². The van der Waals surface area contributed by atoms with Gasteiger partial charge in [0.15, 0.2) is 0 Å². The Hall–Kier alpha value is -4.20. The molecule has 47 heavy (non-hydrogen) atoms. The predicted octanol–water partition coefficient (Wildman–Crippen LogP) is 5.48. The van der Waals surface area contributed by atoms with Crippen LogP contribution in [0.25, 0.3) is 0 Å². The van der Waals surface area contributed by atoms with E-state index in [4.69, 9.17) is 25.3 Å². The fourth-order valence-electron chi connectivity index (χ4n) is 3.42. The van der Waals surface area contributed by atoms with E-state index in [0.717, 1.165) is 11.1 Å². The van der Waals surface area contributed by atoms with Crippen LogP contribution in [-0.2, 0) is 42.0 Å². The second-order valence-electron chi connectivity index (χ2n) is 13.1. The predicted molar refractivity (Wildman–Crippen MR) is 178 cm³/mol. The van der Waals surface area contributed by atoms with Crippen molar-refractivity contribution in [3.8, 4) is 0 Å². The number of amides is 3. The Balaban J connectivity index is 0.000000751. The molecule has 2 rings (SSSR count). The van der Waals surface area contributed by atoms with Crippen molar-refractivity contribution in [3.05, 3.63) is 71.8 Å². The number of hydrogen-bond donors (Lipinski definition) is 5. The lowest BCUT2D eigenvalue weighted by molar-refractivity contribution is -0.140. The molecule has 0 aromatic heterocycles. The maximum atomic E-state index is 12.2. The second-order valence-corrected chi connectivity index (χ2v) is 13.1. The molecule has 0 saturated heterocycles. The Labute approximate surface area is 278 Å². The highest BCUT2D eigenvalue weighted by molar-refractivity contribution is 5.85. The fraction of sp³-hybridized carbons (Fsp3) is 0.529. The van der Waals surface area contributed by atoms with Gasteiger partial charge in [-0.2, -0.15) is 0 Å². The van der Waals surface area contributed by atoms with Gasteiger partial charge in [0.2, 0.25) is 0 Å². The average molecular weight is 663 g/mol. The number of ether oxygens (including phenoxy) is 2. The maximum Gasteiger partial charge on any atom is 0.408 e. The van der Waals surface area contributed by atoms with E-state index >= 15 is 0 Å². The van der Waals surface area contributed by atoms with Crippen LogP contribution in [0.15, 0.2) is 60.7 Å². The summed E-state index contributed by atoms with van der Waals surface area (Å²) in [5.41, 5.74) is 3.17. The van der Waals surface area contributed by atoms with E-state index in [1.807, 2.05) is 74.5 Å². The molecule has 0 aliphatic carbocycles. The number of carbonyl (C=O) groups is 4. The number of carboxylic acids is 1. The molecule has 0 spiro atoms. The van der Waals surface area contributed by atoms with Gasteiger partial charge in [0.05, 0.1) is 13.2 Å². The van der Waals surface area contributed by atoms with E-state index in [1.165, 1.54) is 0 Å². The van der Waals surface area contributed by atoms with Gasteiger partial charge >= 0.3 is 18.2 Å². The summed E-state index contributed by atoms with van der Waals surface area (Å²) >= 11 is 0. The molecule has 264 valence electrons. The van der Waals surface area contributed by atoms with Crippen molar-refractivity contribution in [2.75, 3.05) is 0 Å². The molecule has 0 radical (unpaired) electrons. The standard InChI is InChI=1S/C17H26N2O4.C10H19NO4.C7H9NO/c1-12(2)14(18-16(21)23-17(3,4)5)15(20)19-22-11-13-9-7-6-8-10-13;1-6(2)7(8(12)13)11-9(14)15-10(3,4)5;8-9-6-7-4-2-1-3-5-7/h6-10,12,14H,11H2,1-5H3,(H,18,21)(H,19,20);6-7H,1-5H3,(H,11,14)(H,12,13);1-5H,6,8H2/t14-;7-;/m00./s1. The molecule has 2 atom stereocenters. The molecule has 3 amide bonds. The van der Waals surface area contributed by atoms with Crippen molar-refractivity contribution < 1.29 is 43.4 Å². The molecule has 13 heteroatoms. The van der Waals surface area contributed by atoms with Crippen LogP contribution in [0, 0.1) is 11.8 Å². The number of hydroxylamine groups is 1. The molecule has 0 saturated carbocycles. The summed E-state index contributed by atoms with van der Waals surface area (Å²) in [6.45, 7) is 18.3. The molecule has 2 aromatic rings. The molecule has 0 heterocycles. The zero-order valence-corrected chi connectivity index (χ0v) is 29.3. The van der Waals surface area contributed by atoms with Crippen LogP contribution >= 0.6 is 0 Å². The molecule has 0 fully saturated rings. The van der Waals surface area contributed by atoms with Crippen molar-refractivity contribution in [2.24, 2.45) is 17.7 Å². The zero-order chi connectivity index (χ0) is 36.2. The third kappa shape index (κ3) is 22.0. The molecule has 0 aliphatic rings. The number of nitrogens with two attached hydrogens (primary N) is 1. The lowest BCUT2D eigenvalue weighted by Crippen LogP contribution is -2.50. The van der Waals surface area contributed by atoms with Gasteiger partial charge in [0.25, 0.3) is 5.91 Å². The first-order chi connectivity index (χ1) is 21.8. The first-order valence-corrected chi connectivity index (χ1v) is 15.3. The zero-order valence-electron chi connectivity index (χ0n) is 29.3. The first-order valence-electron chi connectivity index (χ1n) is 15.3. The van der Waals surface area contributed by atoms with E-state index in [2.05, 4.69) is 21.0 Å². The van der Waals surface area contributed by atoms with Crippen LogP contribution in [0.1, 0.15) is 80.4 Å². The molecular weight excluding hydrogens is 608 g/mol. The van der Waals surface area contributed by atoms with Gasteiger partial charge in [-0.05, 0) is 64.5 Å². The van der Waals surface area contributed by atoms with Gasteiger partial charge in [-0.15, -0.1) is 0 Å². The minimum atomic E-state index is -1.06. The summed E-state index contributed by atoms with van der Waals surface area (Å²) in [5.74, 6) is 3.09. The summed E-state index contributed by atoms with van der Waals surface area (Å²) in [7, 11) is 0. The third-order valence-electron chi connectivity index (χ3n) is 5.57. The number of hydrogen-bond acceptors (Lipinski definition) is 9. The molecule has 0 bridgehead atoms. The van der Waals surface area contributed by atoms with Crippen LogP contribution in [0.3, 0.4) is 0 Å². The number of benzene rings is 2. The number of aliphatic carboxylic acids is 1. The Kier molecular flexibility index (Phi) is 19.6. The minimum absolute atomic E-state index is 0.108. The molecule has 2 aromatic carbocycles. The summed E-state index contributed by atoms with van der Waals surface area (Å²) < 4.78 is 10.1. The van der Waals surface area contributed by atoms with E-state index in [9.17, 15) is 19.2 Å². The highest BCUT2D eigenvalue weighted by atomic mass is 16.7. The topological polar surface area (TPSA) is 188 Å². The van der Waals surface area contributed by atoms with E-state index in [0.29, 0.717) is 6.61 Å². The number of rotatable bonds is 11. The van der Waals surface area contributed by atoms with Gasteiger partial charge in [-0.25, -0.2) is 25.8 Å². The Bertz CT molecular complexity index is 1200. The van der Waals surface area contributed by atoms with Crippen molar-refractivity contribution >= 4 is 24.1 Å². The van der Waals surface area contributed by atoms with E-state index < -0.39 is 47.3 Å². The number of nitrogens with one attached hydrogen (secondary N) is 3. The van der Waals surface area contributed by atoms with Crippen molar-refractivity contribution in [1.82, 2.24) is 16.1 Å². The van der Waals surface area contributed by atoms with E-state index in [-0.39, 0.29) is 18.4 Å². The van der Waals surface area contributed by atoms with Gasteiger partial charge in [-0.1, -0.05) is 88.4 Å². The van der Waals surface area contributed by atoms with Crippen LogP contribution < -0.4 is 22.0 Å². The lowest BCUT2D eigenvalue weighted by atomic mass is 10.0. The van der Waals surface area contributed by atoms with Gasteiger partial charge < -0.3 is 25.2 Å². The second kappa shape index (κ2) is 21.6. The third-order valence-corrected chi connectivity index (χ3v) is 5.57. The fourth-order valence-corrected chi connectivity index (χ4v) is 3.42. The minimum Gasteiger partial charge on any atom is -0.480 e. The molecule has 6 N–H and O–H groups in total. The molecule has 0 aliphatic heterocycles. The monoisotopic (exact) mass is 662 g/mol. The quantitative estimate of drug-likeness (QED) is 0.193. The first kappa shape index (κ1) is 42.8. The molecule has 13 nitrogen and oxygen atoms in total. The highest BCUT2D eigenvalue weighted by Crippen LogP contribution is 2.10. The van der Waals surface area contributed by atoms with E-state index in [1.54, 1.807) is 55.4 Å². The van der Waals surface area contributed by atoms with Crippen LogP contribution in [-0.4, -0.2) is 52.5 Å². The van der Waals surface area contributed by atoms with Crippen molar-refractivity contribution in [3.63, 3.8) is 0 Å². The SMILES string of the molecule is CC(C)[C@H](NC(=O)OC(C)(C)C)C(=O)NOCc1ccccc1.CC(C)[C@H](NC(=O)OC(C)(C)C)C(=O)O.NOCc1ccccc1. The van der Waals surface area contributed by atoms with Gasteiger partial charge in [-0.3, -0.25) is 14.5 Å². The molecular formula is C34H54N4O9. The smallest absolute Gasteiger partial charge is 0.408 e.